The van der Waals surface area contributed by atoms with Crippen LogP contribution in [0.1, 0.15) is 64.5 Å². The Morgan fingerprint density at radius 1 is 1.10 bits per heavy atom. The first-order chi connectivity index (χ1) is 20.6. The van der Waals surface area contributed by atoms with Crippen molar-refractivity contribution in [3.05, 3.63) is 81.2 Å². The molecule has 1 saturated heterocycles. The monoisotopic (exact) mass is 585 g/mol. The van der Waals surface area contributed by atoms with E-state index in [0.717, 1.165) is 54.5 Å². The summed E-state index contributed by atoms with van der Waals surface area (Å²) in [6.07, 6.45) is 7.18. The summed E-state index contributed by atoms with van der Waals surface area (Å²) in [6, 6.07) is 17.2. The number of nitrogens with zero attached hydrogens (tertiary/aromatic N) is 1. The molecule has 8 nitrogen and oxygen atoms in total. The molecule has 2 aromatic carbocycles. The van der Waals surface area contributed by atoms with E-state index >= 15 is 0 Å². The first-order valence-electron chi connectivity index (χ1n) is 14.5. The Bertz CT molecular complexity index is 1490. The minimum Gasteiger partial charge on any atom is -0.490 e. The van der Waals surface area contributed by atoms with Crippen molar-refractivity contribution in [1.29, 1.82) is 5.26 Å². The maximum atomic E-state index is 13.3. The van der Waals surface area contributed by atoms with Gasteiger partial charge in [-0.25, -0.2) is 0 Å². The summed E-state index contributed by atoms with van der Waals surface area (Å²) >= 11 is 1.43. The lowest BCUT2D eigenvalue weighted by Crippen LogP contribution is -2.32. The molecule has 9 heteroatoms. The van der Waals surface area contributed by atoms with Gasteiger partial charge in [0.2, 0.25) is 0 Å². The van der Waals surface area contributed by atoms with Crippen LogP contribution >= 0.6 is 11.3 Å². The number of thiophene rings is 1. The highest BCUT2D eigenvalue weighted by molar-refractivity contribution is 7.17. The van der Waals surface area contributed by atoms with Crippen LogP contribution in [0.5, 0.6) is 11.5 Å². The Hall–Kier alpha value is -4.13. The highest BCUT2D eigenvalue weighted by Gasteiger charge is 2.28. The van der Waals surface area contributed by atoms with Crippen LogP contribution < -0.4 is 20.1 Å². The van der Waals surface area contributed by atoms with Gasteiger partial charge < -0.3 is 24.8 Å². The normalized spacial score (nSPS) is 16.3. The molecule has 0 bridgehead atoms. The van der Waals surface area contributed by atoms with E-state index in [2.05, 4.69) is 10.6 Å². The zero-order valence-corrected chi connectivity index (χ0v) is 24.6. The Morgan fingerprint density at radius 3 is 2.69 bits per heavy atom. The molecule has 0 radical (unpaired) electrons. The SMILES string of the molecule is CCOc1cc(/C=C(\C#N)C(=O)Nc2sc3c(c2C(=O)NCC2CCCO2)CCCC3)ccc1OCc1ccccc1. The highest BCUT2D eigenvalue weighted by Crippen LogP contribution is 2.38. The number of aryl methyl sites for hydroxylation is 1. The van der Waals surface area contributed by atoms with Gasteiger partial charge in [0, 0.05) is 18.0 Å². The lowest BCUT2D eigenvalue weighted by molar-refractivity contribution is -0.112. The molecule has 1 aliphatic carbocycles. The minimum absolute atomic E-state index is 0.0197. The van der Waals surface area contributed by atoms with Crippen LogP contribution in [0.2, 0.25) is 0 Å². The number of rotatable bonds is 11. The number of carbonyl (C=O) groups excluding carboxylic acids is 2. The zero-order chi connectivity index (χ0) is 29.3. The van der Waals surface area contributed by atoms with Crippen molar-refractivity contribution in [2.75, 3.05) is 25.1 Å². The van der Waals surface area contributed by atoms with Gasteiger partial charge in [0.05, 0.1) is 18.3 Å². The smallest absolute Gasteiger partial charge is 0.266 e. The molecule has 1 aromatic heterocycles. The van der Waals surface area contributed by atoms with Gasteiger partial charge in [0.15, 0.2) is 11.5 Å². The van der Waals surface area contributed by atoms with Crippen molar-refractivity contribution in [2.45, 2.75) is 58.2 Å². The second kappa shape index (κ2) is 14.2. The van der Waals surface area contributed by atoms with Crippen LogP contribution in [-0.4, -0.2) is 37.7 Å². The number of nitriles is 1. The molecule has 2 N–H and O–H groups in total. The van der Waals surface area contributed by atoms with E-state index in [1.807, 2.05) is 43.3 Å². The maximum absolute atomic E-state index is 13.3. The second-order valence-corrected chi connectivity index (χ2v) is 11.4. The standard InChI is InChI=1S/C33H35N3O5S/c1-2-39-28-18-23(14-15-27(28)41-21-22-9-4-3-5-10-22)17-24(19-34)31(37)36-33-30(26-12-6-7-13-29(26)42-33)32(38)35-20-25-11-8-16-40-25/h3-5,9-10,14-15,17-18,25H,2,6-8,11-13,16,20-21H2,1H3,(H,35,38)(H,36,37)/b24-17+. The predicted molar refractivity (Wildman–Crippen MR) is 163 cm³/mol. The van der Waals surface area contributed by atoms with Gasteiger partial charge >= 0.3 is 0 Å². The number of carbonyl (C=O) groups is 2. The number of ether oxygens (including phenoxy) is 3. The third kappa shape index (κ3) is 7.19. The van der Waals surface area contributed by atoms with Gasteiger partial charge in [0.25, 0.3) is 11.8 Å². The third-order valence-corrected chi connectivity index (χ3v) is 8.53. The zero-order valence-electron chi connectivity index (χ0n) is 23.7. The summed E-state index contributed by atoms with van der Waals surface area (Å²) < 4.78 is 17.4. The van der Waals surface area contributed by atoms with Gasteiger partial charge in [-0.15, -0.1) is 11.3 Å². The van der Waals surface area contributed by atoms with Gasteiger partial charge in [-0.1, -0.05) is 36.4 Å². The van der Waals surface area contributed by atoms with E-state index in [0.29, 0.717) is 54.0 Å². The Kier molecular flexibility index (Phi) is 9.90. The third-order valence-electron chi connectivity index (χ3n) is 7.32. The Balaban J connectivity index is 1.33. The summed E-state index contributed by atoms with van der Waals surface area (Å²) in [5, 5.41) is 16.3. The molecule has 2 amide bonds. The number of nitrogens with one attached hydrogen (secondary N) is 2. The summed E-state index contributed by atoms with van der Waals surface area (Å²) in [4.78, 5) is 27.8. The van der Waals surface area contributed by atoms with E-state index in [-0.39, 0.29) is 17.6 Å². The predicted octanol–water partition coefficient (Wildman–Crippen LogP) is 6.06. The fourth-order valence-corrected chi connectivity index (χ4v) is 6.50. The number of amides is 2. The average Bonchev–Trinajstić information content (AvgIpc) is 3.66. The summed E-state index contributed by atoms with van der Waals surface area (Å²) in [5.41, 5.74) is 3.09. The molecule has 1 aliphatic heterocycles. The highest BCUT2D eigenvalue weighted by atomic mass is 32.1. The minimum atomic E-state index is -0.563. The first-order valence-corrected chi connectivity index (χ1v) is 15.3. The number of hydrogen-bond acceptors (Lipinski definition) is 7. The molecule has 0 spiro atoms. The molecule has 5 rings (SSSR count). The molecule has 1 fully saturated rings. The largest absolute Gasteiger partial charge is 0.490 e. The van der Waals surface area contributed by atoms with E-state index in [1.165, 1.54) is 17.4 Å². The van der Waals surface area contributed by atoms with Gasteiger partial charge in [-0.05, 0) is 80.3 Å². The summed E-state index contributed by atoms with van der Waals surface area (Å²) in [7, 11) is 0. The molecular formula is C33H35N3O5S. The Labute approximate surface area is 250 Å². The molecular weight excluding hydrogens is 550 g/mol. The van der Waals surface area contributed by atoms with Crippen LogP contribution in [-0.2, 0) is 29.0 Å². The molecule has 3 aromatic rings. The average molecular weight is 586 g/mol. The lowest BCUT2D eigenvalue weighted by atomic mass is 9.95. The van der Waals surface area contributed by atoms with Crippen LogP contribution in [0, 0.1) is 11.3 Å². The molecule has 1 unspecified atom stereocenters. The maximum Gasteiger partial charge on any atom is 0.266 e. The van der Waals surface area contributed by atoms with Crippen LogP contribution in [0.15, 0.2) is 54.1 Å². The molecule has 42 heavy (non-hydrogen) atoms. The fourth-order valence-electron chi connectivity index (χ4n) is 5.22. The number of hydrogen-bond donors (Lipinski definition) is 2. The van der Waals surface area contributed by atoms with Crippen LogP contribution in [0.25, 0.3) is 6.08 Å². The molecule has 2 aliphatic rings. The first kappa shape index (κ1) is 29.4. The molecule has 218 valence electrons. The van der Waals surface area contributed by atoms with Crippen LogP contribution in [0.4, 0.5) is 5.00 Å². The van der Waals surface area contributed by atoms with Gasteiger partial charge in [-0.2, -0.15) is 5.26 Å². The summed E-state index contributed by atoms with van der Waals surface area (Å²) in [6.45, 7) is 3.85. The molecule has 1 atom stereocenters. The van der Waals surface area contributed by atoms with Gasteiger partial charge in [0.1, 0.15) is 23.3 Å². The second-order valence-electron chi connectivity index (χ2n) is 10.3. The molecule has 0 saturated carbocycles. The van der Waals surface area contributed by atoms with Crippen molar-refractivity contribution in [3.63, 3.8) is 0 Å². The lowest BCUT2D eigenvalue weighted by Gasteiger charge is -2.15. The Morgan fingerprint density at radius 2 is 1.93 bits per heavy atom. The van der Waals surface area contributed by atoms with E-state index < -0.39 is 5.91 Å². The van der Waals surface area contributed by atoms with Crippen molar-refractivity contribution in [3.8, 4) is 17.6 Å². The number of benzene rings is 2. The van der Waals surface area contributed by atoms with Crippen LogP contribution in [0.3, 0.4) is 0 Å². The van der Waals surface area contributed by atoms with E-state index in [4.69, 9.17) is 14.2 Å². The van der Waals surface area contributed by atoms with E-state index in [9.17, 15) is 14.9 Å². The fraction of sp³-hybridized carbons (Fsp3) is 0.364. The number of anilines is 1. The van der Waals surface area contributed by atoms with Crippen molar-refractivity contribution in [2.24, 2.45) is 0 Å². The quantitative estimate of drug-likeness (QED) is 0.209. The molecule has 2 heterocycles. The van der Waals surface area contributed by atoms with Gasteiger partial charge in [-0.3, -0.25) is 9.59 Å². The number of fused-ring (bicyclic) bond motifs is 1. The summed E-state index contributed by atoms with van der Waals surface area (Å²) in [5.74, 6) is 0.321. The van der Waals surface area contributed by atoms with E-state index in [1.54, 1.807) is 18.2 Å². The topological polar surface area (TPSA) is 110 Å². The van der Waals surface area contributed by atoms with Crippen molar-refractivity contribution < 1.29 is 23.8 Å². The van der Waals surface area contributed by atoms with Crippen molar-refractivity contribution >= 4 is 34.2 Å². The van der Waals surface area contributed by atoms with Crippen molar-refractivity contribution in [1.82, 2.24) is 5.32 Å².